The van der Waals surface area contributed by atoms with Crippen LogP contribution in [0.4, 0.5) is 11.4 Å². The van der Waals surface area contributed by atoms with Gasteiger partial charge in [0.25, 0.3) is 10.1 Å². The zero-order valence-corrected chi connectivity index (χ0v) is 11.2. The van der Waals surface area contributed by atoms with E-state index in [0.29, 0.717) is 0 Å². The SMILES string of the molecule is CC(=O)Nc1ccc(S(=O)(=O)O)c(NC(=O)CC#N)c1. The first-order chi connectivity index (χ1) is 9.24. The zero-order chi connectivity index (χ0) is 15.3. The van der Waals surface area contributed by atoms with Gasteiger partial charge < -0.3 is 10.6 Å². The molecule has 1 aromatic rings. The van der Waals surface area contributed by atoms with Crippen LogP contribution in [0.5, 0.6) is 0 Å². The smallest absolute Gasteiger partial charge is 0.296 e. The number of hydrogen-bond acceptors (Lipinski definition) is 5. The molecule has 20 heavy (non-hydrogen) atoms. The van der Waals surface area contributed by atoms with Gasteiger partial charge in [0.1, 0.15) is 11.3 Å². The predicted octanol–water partition coefficient (Wildman–Crippen LogP) is 0.744. The van der Waals surface area contributed by atoms with Crippen molar-refractivity contribution in [2.24, 2.45) is 0 Å². The summed E-state index contributed by atoms with van der Waals surface area (Å²) in [5.74, 6) is -1.13. The van der Waals surface area contributed by atoms with Crippen molar-refractivity contribution >= 4 is 33.3 Å². The lowest BCUT2D eigenvalue weighted by atomic mass is 10.2. The van der Waals surface area contributed by atoms with Gasteiger partial charge >= 0.3 is 0 Å². The van der Waals surface area contributed by atoms with Gasteiger partial charge in [0, 0.05) is 12.6 Å². The van der Waals surface area contributed by atoms with Crippen molar-refractivity contribution in [3.8, 4) is 6.07 Å². The Labute approximate surface area is 115 Å². The minimum atomic E-state index is -4.55. The second-order valence-electron chi connectivity index (χ2n) is 3.75. The molecule has 0 heterocycles. The van der Waals surface area contributed by atoms with E-state index < -0.39 is 27.3 Å². The molecule has 0 radical (unpaired) electrons. The maximum atomic E-state index is 11.3. The molecule has 0 saturated heterocycles. The van der Waals surface area contributed by atoms with Gasteiger partial charge in [-0.05, 0) is 18.2 Å². The topological polar surface area (TPSA) is 136 Å². The van der Waals surface area contributed by atoms with Gasteiger partial charge in [0.2, 0.25) is 11.8 Å². The first-order valence-electron chi connectivity index (χ1n) is 5.30. The highest BCUT2D eigenvalue weighted by atomic mass is 32.2. The van der Waals surface area contributed by atoms with E-state index >= 15 is 0 Å². The number of carbonyl (C=O) groups is 2. The number of anilines is 2. The van der Waals surface area contributed by atoms with E-state index in [9.17, 15) is 18.0 Å². The lowest BCUT2D eigenvalue weighted by Gasteiger charge is -2.10. The number of benzene rings is 1. The number of nitriles is 1. The molecule has 0 saturated carbocycles. The van der Waals surface area contributed by atoms with Gasteiger partial charge in [-0.15, -0.1) is 0 Å². The maximum Gasteiger partial charge on any atom is 0.296 e. The van der Waals surface area contributed by atoms with Gasteiger partial charge in [-0.25, -0.2) is 0 Å². The van der Waals surface area contributed by atoms with Gasteiger partial charge in [-0.3, -0.25) is 14.1 Å². The van der Waals surface area contributed by atoms with E-state index in [2.05, 4.69) is 10.6 Å². The summed E-state index contributed by atoms with van der Waals surface area (Å²) in [5.41, 5.74) is 0.0103. The van der Waals surface area contributed by atoms with Crippen molar-refractivity contribution in [2.45, 2.75) is 18.2 Å². The molecule has 8 nitrogen and oxygen atoms in total. The Morgan fingerprint density at radius 2 is 2.00 bits per heavy atom. The molecule has 0 aromatic heterocycles. The Balaban J connectivity index is 3.23. The quantitative estimate of drug-likeness (QED) is 0.701. The molecule has 0 unspecified atom stereocenters. The molecule has 0 atom stereocenters. The van der Waals surface area contributed by atoms with Gasteiger partial charge in [-0.2, -0.15) is 13.7 Å². The van der Waals surface area contributed by atoms with Crippen molar-refractivity contribution in [1.82, 2.24) is 0 Å². The summed E-state index contributed by atoms with van der Waals surface area (Å²) in [6, 6.07) is 5.05. The van der Waals surface area contributed by atoms with Gasteiger partial charge in [-0.1, -0.05) is 0 Å². The van der Waals surface area contributed by atoms with Crippen molar-refractivity contribution in [2.75, 3.05) is 10.6 Å². The Morgan fingerprint density at radius 3 is 2.50 bits per heavy atom. The van der Waals surface area contributed by atoms with Crippen LogP contribution in [0.1, 0.15) is 13.3 Å². The molecular formula is C11H11N3O5S. The molecule has 0 spiro atoms. The summed E-state index contributed by atoms with van der Waals surface area (Å²) in [6.07, 6.45) is -0.477. The van der Waals surface area contributed by atoms with Gasteiger partial charge in [0.15, 0.2) is 0 Å². The van der Waals surface area contributed by atoms with E-state index in [1.54, 1.807) is 6.07 Å². The third-order valence-corrected chi connectivity index (χ3v) is 3.00. The average molecular weight is 297 g/mol. The normalized spacial score (nSPS) is 10.4. The molecule has 0 aliphatic rings. The highest BCUT2D eigenvalue weighted by molar-refractivity contribution is 7.86. The van der Waals surface area contributed by atoms with E-state index in [1.807, 2.05) is 0 Å². The Kier molecular flexibility index (Phi) is 4.79. The average Bonchev–Trinajstić information content (AvgIpc) is 2.26. The minimum Gasteiger partial charge on any atom is -0.326 e. The van der Waals surface area contributed by atoms with Crippen LogP contribution in [0.3, 0.4) is 0 Å². The fourth-order valence-corrected chi connectivity index (χ4v) is 2.03. The molecule has 0 fully saturated rings. The van der Waals surface area contributed by atoms with Crippen LogP contribution in [-0.4, -0.2) is 24.8 Å². The monoisotopic (exact) mass is 297 g/mol. The standard InChI is InChI=1S/C11H11N3O5S/c1-7(15)13-8-2-3-10(20(17,18)19)9(6-8)14-11(16)4-5-12/h2-3,6H,4H2,1H3,(H,13,15)(H,14,16)(H,17,18,19). The van der Waals surface area contributed by atoms with Crippen molar-refractivity contribution in [3.63, 3.8) is 0 Å². The highest BCUT2D eigenvalue weighted by Gasteiger charge is 2.17. The van der Waals surface area contributed by atoms with Crippen LogP contribution in [0.2, 0.25) is 0 Å². The molecule has 1 aromatic carbocycles. The largest absolute Gasteiger partial charge is 0.326 e. The first-order valence-corrected chi connectivity index (χ1v) is 6.74. The number of nitrogens with one attached hydrogen (secondary N) is 2. The van der Waals surface area contributed by atoms with E-state index in [4.69, 9.17) is 9.81 Å². The number of rotatable bonds is 4. The lowest BCUT2D eigenvalue weighted by Crippen LogP contribution is -2.14. The molecule has 9 heteroatoms. The molecule has 0 aliphatic carbocycles. The van der Waals surface area contributed by atoms with Crippen LogP contribution in [0.25, 0.3) is 0 Å². The summed E-state index contributed by atoms with van der Waals surface area (Å²) in [4.78, 5) is 21.7. The molecule has 2 amide bonds. The predicted molar refractivity (Wildman–Crippen MR) is 69.4 cm³/mol. The summed E-state index contributed by atoms with van der Waals surface area (Å²) < 4.78 is 31.4. The third-order valence-electron chi connectivity index (χ3n) is 2.09. The third kappa shape index (κ3) is 4.34. The summed E-state index contributed by atoms with van der Waals surface area (Å²) in [5, 5.41) is 13.0. The fourth-order valence-electron chi connectivity index (χ4n) is 1.40. The number of hydrogen-bond donors (Lipinski definition) is 3. The number of carbonyl (C=O) groups excluding carboxylic acids is 2. The maximum absolute atomic E-state index is 11.3. The summed E-state index contributed by atoms with van der Waals surface area (Å²) in [6.45, 7) is 1.25. The van der Waals surface area contributed by atoms with Gasteiger partial charge in [0.05, 0.1) is 11.8 Å². The minimum absolute atomic E-state index is 0.223. The summed E-state index contributed by atoms with van der Waals surface area (Å²) >= 11 is 0. The molecule has 0 bridgehead atoms. The van der Waals surface area contributed by atoms with Crippen molar-refractivity contribution in [1.29, 1.82) is 5.26 Å². The molecule has 3 N–H and O–H groups in total. The number of amides is 2. The Bertz CT molecular complexity index is 691. The molecule has 0 aliphatic heterocycles. The van der Waals surface area contributed by atoms with Crippen LogP contribution in [0.15, 0.2) is 23.1 Å². The second-order valence-corrected chi connectivity index (χ2v) is 5.14. The van der Waals surface area contributed by atoms with E-state index in [0.717, 1.165) is 6.07 Å². The van der Waals surface area contributed by atoms with Crippen molar-refractivity contribution < 1.29 is 22.6 Å². The molecule has 106 valence electrons. The van der Waals surface area contributed by atoms with Crippen LogP contribution in [0, 0.1) is 11.3 Å². The lowest BCUT2D eigenvalue weighted by molar-refractivity contribution is -0.115. The van der Waals surface area contributed by atoms with E-state index in [1.165, 1.54) is 19.1 Å². The molecule has 1 rings (SSSR count). The number of nitrogens with zero attached hydrogens (tertiary/aromatic N) is 1. The van der Waals surface area contributed by atoms with Crippen LogP contribution >= 0.6 is 0 Å². The molecular weight excluding hydrogens is 286 g/mol. The fraction of sp³-hybridized carbons (Fsp3) is 0.182. The van der Waals surface area contributed by atoms with Crippen molar-refractivity contribution in [3.05, 3.63) is 18.2 Å². The van der Waals surface area contributed by atoms with Crippen LogP contribution < -0.4 is 10.6 Å². The second kappa shape index (κ2) is 6.14. The first kappa shape index (κ1) is 15.6. The van der Waals surface area contributed by atoms with Crippen LogP contribution in [-0.2, 0) is 19.7 Å². The van der Waals surface area contributed by atoms with E-state index in [-0.39, 0.29) is 17.3 Å². The Hall–Kier alpha value is -2.44. The summed E-state index contributed by atoms with van der Waals surface area (Å²) in [7, 11) is -4.55. The zero-order valence-electron chi connectivity index (χ0n) is 10.4. The highest BCUT2D eigenvalue weighted by Crippen LogP contribution is 2.25. The Morgan fingerprint density at radius 1 is 1.35 bits per heavy atom.